The largest absolute Gasteiger partial charge is 0.489 e. The van der Waals surface area contributed by atoms with E-state index in [4.69, 9.17) is 14.2 Å². The van der Waals surface area contributed by atoms with E-state index in [0.29, 0.717) is 18.9 Å². The fourth-order valence-electron chi connectivity index (χ4n) is 2.02. The minimum atomic E-state index is -0.626. The van der Waals surface area contributed by atoms with Crippen molar-refractivity contribution in [1.29, 1.82) is 0 Å². The SMILES string of the molecule is COCCNC(=O)COC(=O)c1cccc(OCc2ccc(F)cc2)c1. The predicted octanol–water partition coefficient (Wildman–Crippen LogP) is 2.32. The number of hydrogen-bond donors (Lipinski definition) is 1. The van der Waals surface area contributed by atoms with Crippen molar-refractivity contribution in [3.8, 4) is 5.75 Å². The lowest BCUT2D eigenvalue weighted by Crippen LogP contribution is -2.31. The second-order valence-corrected chi connectivity index (χ2v) is 5.36. The first-order valence-electron chi connectivity index (χ1n) is 7.98. The van der Waals surface area contributed by atoms with Crippen LogP contribution in [0.1, 0.15) is 15.9 Å². The van der Waals surface area contributed by atoms with Gasteiger partial charge in [0.1, 0.15) is 18.2 Å². The summed E-state index contributed by atoms with van der Waals surface area (Å²) >= 11 is 0. The number of carbonyl (C=O) groups excluding carboxylic acids is 2. The molecule has 1 amide bonds. The van der Waals surface area contributed by atoms with E-state index in [2.05, 4.69) is 5.32 Å². The molecular formula is C19H20FNO5. The van der Waals surface area contributed by atoms with Gasteiger partial charge >= 0.3 is 5.97 Å². The normalized spacial score (nSPS) is 10.2. The summed E-state index contributed by atoms with van der Waals surface area (Å²) in [6.45, 7) is 0.594. The molecule has 0 fully saturated rings. The van der Waals surface area contributed by atoms with Crippen LogP contribution in [-0.4, -0.2) is 38.7 Å². The van der Waals surface area contributed by atoms with Gasteiger partial charge in [-0.05, 0) is 35.9 Å². The molecule has 0 bridgehead atoms. The zero-order valence-electron chi connectivity index (χ0n) is 14.4. The molecule has 7 heteroatoms. The van der Waals surface area contributed by atoms with Crippen LogP contribution in [0.15, 0.2) is 48.5 Å². The molecular weight excluding hydrogens is 341 g/mol. The van der Waals surface area contributed by atoms with E-state index >= 15 is 0 Å². The quantitative estimate of drug-likeness (QED) is 0.548. The molecule has 0 aromatic heterocycles. The monoisotopic (exact) mass is 361 g/mol. The second kappa shape index (κ2) is 10.1. The number of esters is 1. The highest BCUT2D eigenvalue weighted by Gasteiger charge is 2.11. The molecule has 0 spiro atoms. The lowest BCUT2D eigenvalue weighted by Gasteiger charge is -2.09. The van der Waals surface area contributed by atoms with Crippen LogP contribution < -0.4 is 10.1 Å². The van der Waals surface area contributed by atoms with Gasteiger partial charge in [0.15, 0.2) is 6.61 Å². The van der Waals surface area contributed by atoms with E-state index in [1.165, 1.54) is 25.3 Å². The Hall–Kier alpha value is -2.93. The molecule has 2 aromatic carbocycles. The Morgan fingerprint density at radius 3 is 2.62 bits per heavy atom. The Balaban J connectivity index is 1.84. The van der Waals surface area contributed by atoms with Crippen molar-refractivity contribution in [1.82, 2.24) is 5.32 Å². The first-order chi connectivity index (χ1) is 12.6. The Labute approximate surface area is 150 Å². The Morgan fingerprint density at radius 2 is 1.88 bits per heavy atom. The van der Waals surface area contributed by atoms with E-state index in [0.717, 1.165) is 5.56 Å². The summed E-state index contributed by atoms with van der Waals surface area (Å²) in [5, 5.41) is 2.55. The van der Waals surface area contributed by atoms with Crippen molar-refractivity contribution in [2.75, 3.05) is 26.9 Å². The summed E-state index contributed by atoms with van der Waals surface area (Å²) < 4.78 is 28.2. The Morgan fingerprint density at radius 1 is 1.12 bits per heavy atom. The topological polar surface area (TPSA) is 73.9 Å². The van der Waals surface area contributed by atoms with Gasteiger partial charge in [-0.3, -0.25) is 4.79 Å². The smallest absolute Gasteiger partial charge is 0.338 e. The molecule has 0 saturated heterocycles. The van der Waals surface area contributed by atoms with Gasteiger partial charge in [0.2, 0.25) is 0 Å². The number of hydrogen-bond acceptors (Lipinski definition) is 5. The number of amides is 1. The van der Waals surface area contributed by atoms with Crippen LogP contribution in [0.2, 0.25) is 0 Å². The van der Waals surface area contributed by atoms with Gasteiger partial charge in [-0.2, -0.15) is 0 Å². The summed E-state index contributed by atoms with van der Waals surface area (Å²) in [6, 6.07) is 12.4. The molecule has 0 heterocycles. The molecule has 0 aliphatic rings. The molecule has 1 N–H and O–H groups in total. The van der Waals surface area contributed by atoms with Crippen LogP contribution in [0.25, 0.3) is 0 Å². The molecule has 0 radical (unpaired) electrons. The first kappa shape index (κ1) is 19.4. The molecule has 0 saturated carbocycles. The van der Waals surface area contributed by atoms with Crippen molar-refractivity contribution in [3.63, 3.8) is 0 Å². The number of benzene rings is 2. The highest BCUT2D eigenvalue weighted by molar-refractivity contribution is 5.91. The van der Waals surface area contributed by atoms with Gasteiger partial charge in [-0.1, -0.05) is 18.2 Å². The highest BCUT2D eigenvalue weighted by atomic mass is 19.1. The average Bonchev–Trinajstić information content (AvgIpc) is 2.66. The predicted molar refractivity (Wildman–Crippen MR) is 92.3 cm³/mol. The summed E-state index contributed by atoms with van der Waals surface area (Å²) in [5.74, 6) is -0.878. The fourth-order valence-corrected chi connectivity index (χ4v) is 2.02. The number of halogens is 1. The van der Waals surface area contributed by atoms with E-state index in [1.807, 2.05) is 0 Å². The number of carbonyl (C=O) groups is 2. The summed E-state index contributed by atoms with van der Waals surface area (Å²) in [4.78, 5) is 23.5. The maximum Gasteiger partial charge on any atom is 0.338 e. The lowest BCUT2D eigenvalue weighted by atomic mass is 10.2. The number of ether oxygens (including phenoxy) is 3. The van der Waals surface area contributed by atoms with Crippen LogP contribution in [0, 0.1) is 5.82 Å². The molecule has 26 heavy (non-hydrogen) atoms. The van der Waals surface area contributed by atoms with E-state index in [1.54, 1.807) is 30.3 Å². The number of rotatable bonds is 9. The van der Waals surface area contributed by atoms with E-state index in [-0.39, 0.29) is 24.6 Å². The molecule has 6 nitrogen and oxygen atoms in total. The van der Waals surface area contributed by atoms with E-state index in [9.17, 15) is 14.0 Å². The number of nitrogens with one attached hydrogen (secondary N) is 1. The molecule has 0 aliphatic carbocycles. The molecule has 0 aliphatic heterocycles. The van der Waals surface area contributed by atoms with Gasteiger partial charge in [0, 0.05) is 13.7 Å². The van der Waals surface area contributed by atoms with Gasteiger partial charge in [0.05, 0.1) is 12.2 Å². The third-order valence-electron chi connectivity index (χ3n) is 3.35. The van der Waals surface area contributed by atoms with Crippen molar-refractivity contribution in [2.45, 2.75) is 6.61 Å². The van der Waals surface area contributed by atoms with Crippen molar-refractivity contribution in [2.24, 2.45) is 0 Å². The van der Waals surface area contributed by atoms with E-state index < -0.39 is 11.9 Å². The van der Waals surface area contributed by atoms with Crippen LogP contribution >= 0.6 is 0 Å². The minimum absolute atomic E-state index is 0.237. The zero-order chi connectivity index (χ0) is 18.8. The summed E-state index contributed by atoms with van der Waals surface area (Å²) in [6.07, 6.45) is 0. The summed E-state index contributed by atoms with van der Waals surface area (Å²) in [5.41, 5.74) is 1.07. The lowest BCUT2D eigenvalue weighted by molar-refractivity contribution is -0.124. The molecule has 0 atom stereocenters. The third kappa shape index (κ3) is 6.52. The summed E-state index contributed by atoms with van der Waals surface area (Å²) in [7, 11) is 1.53. The first-order valence-corrected chi connectivity index (χ1v) is 7.98. The average molecular weight is 361 g/mol. The van der Waals surface area contributed by atoms with Crippen molar-refractivity contribution in [3.05, 3.63) is 65.5 Å². The standard InChI is InChI=1S/C19H20FNO5/c1-24-10-9-21-18(22)13-26-19(23)15-3-2-4-17(11-15)25-12-14-5-7-16(20)8-6-14/h2-8,11H,9-10,12-13H2,1H3,(H,21,22). The second-order valence-electron chi connectivity index (χ2n) is 5.36. The highest BCUT2D eigenvalue weighted by Crippen LogP contribution is 2.16. The van der Waals surface area contributed by atoms with Crippen molar-refractivity contribution >= 4 is 11.9 Å². The van der Waals surface area contributed by atoms with Gasteiger partial charge in [-0.25, -0.2) is 9.18 Å². The maximum atomic E-state index is 12.9. The maximum absolute atomic E-state index is 12.9. The third-order valence-corrected chi connectivity index (χ3v) is 3.35. The number of methoxy groups -OCH3 is 1. The van der Waals surface area contributed by atoms with Crippen LogP contribution in [-0.2, 0) is 20.9 Å². The van der Waals surface area contributed by atoms with Crippen LogP contribution in [0.5, 0.6) is 5.75 Å². The molecule has 2 aromatic rings. The molecule has 2 rings (SSSR count). The minimum Gasteiger partial charge on any atom is -0.489 e. The van der Waals surface area contributed by atoms with Gasteiger partial charge < -0.3 is 19.5 Å². The van der Waals surface area contributed by atoms with Crippen molar-refractivity contribution < 1.29 is 28.2 Å². The van der Waals surface area contributed by atoms with Crippen LogP contribution in [0.4, 0.5) is 4.39 Å². The van der Waals surface area contributed by atoms with Gasteiger partial charge in [0.25, 0.3) is 5.91 Å². The van der Waals surface area contributed by atoms with Gasteiger partial charge in [-0.15, -0.1) is 0 Å². The van der Waals surface area contributed by atoms with Crippen LogP contribution in [0.3, 0.4) is 0 Å². The zero-order valence-corrected chi connectivity index (χ0v) is 14.4. The molecule has 0 unspecified atom stereocenters. The molecule has 138 valence electrons. The Bertz CT molecular complexity index is 733. The fraction of sp³-hybridized carbons (Fsp3) is 0.263. The Kier molecular flexibility index (Phi) is 7.57.